The number of rotatable bonds is 4. The van der Waals surface area contributed by atoms with E-state index in [1.165, 1.54) is 11.1 Å². The van der Waals surface area contributed by atoms with Crippen molar-refractivity contribution >= 4 is 5.78 Å². The Labute approximate surface area is 169 Å². The molecule has 2 saturated carbocycles. The molecule has 0 N–H and O–H groups in total. The fourth-order valence-corrected chi connectivity index (χ4v) is 4.93. The summed E-state index contributed by atoms with van der Waals surface area (Å²) in [6.45, 7) is 12.0. The summed E-state index contributed by atoms with van der Waals surface area (Å²) in [6.07, 6.45) is 15.8. The molecule has 3 nitrogen and oxygen atoms in total. The van der Waals surface area contributed by atoms with Crippen LogP contribution in [0.15, 0.2) is 58.7 Å². The second-order valence-corrected chi connectivity index (χ2v) is 8.98. The molecule has 0 aromatic rings. The van der Waals surface area contributed by atoms with Crippen molar-refractivity contribution in [3.63, 3.8) is 0 Å². The highest BCUT2D eigenvalue weighted by Gasteiger charge is 2.56. The van der Waals surface area contributed by atoms with E-state index in [2.05, 4.69) is 71.1 Å². The van der Waals surface area contributed by atoms with Crippen LogP contribution in [0.5, 0.6) is 0 Å². The molecule has 0 bridgehead atoms. The molecule has 3 heteroatoms. The number of Topliss-reactive ketones (excluding diaryl/α,β-unsaturated/α-hetero) is 1. The molecule has 0 amide bonds. The zero-order valence-corrected chi connectivity index (χ0v) is 18.0. The molecule has 0 unspecified atom stereocenters. The predicted octanol–water partition coefficient (Wildman–Crippen LogP) is 5.85. The summed E-state index contributed by atoms with van der Waals surface area (Å²) in [4.78, 5) is 12.9. The SMILES string of the molecule is CC(C)=C/C=C/C(C)=C/C=C/C(C)=C1/C(=O)C[C@H]2CC3(CC[C@]12C)OCCO3. The van der Waals surface area contributed by atoms with Crippen LogP contribution >= 0.6 is 0 Å². The molecule has 28 heavy (non-hydrogen) atoms. The van der Waals surface area contributed by atoms with Crippen LogP contribution in [-0.2, 0) is 14.3 Å². The fourth-order valence-electron chi connectivity index (χ4n) is 4.93. The molecule has 3 rings (SSSR count). The number of ether oxygens (including phenoxy) is 2. The quantitative estimate of drug-likeness (QED) is 0.452. The van der Waals surface area contributed by atoms with Crippen molar-refractivity contribution in [2.45, 2.75) is 66.1 Å². The van der Waals surface area contributed by atoms with E-state index < -0.39 is 5.79 Å². The van der Waals surface area contributed by atoms with Gasteiger partial charge in [-0.1, -0.05) is 54.5 Å². The third-order valence-corrected chi connectivity index (χ3v) is 6.47. The highest BCUT2D eigenvalue weighted by molar-refractivity contribution is 6.00. The molecule has 0 aromatic heterocycles. The molecule has 152 valence electrons. The third kappa shape index (κ3) is 4.31. The lowest BCUT2D eigenvalue weighted by atomic mass is 9.65. The minimum Gasteiger partial charge on any atom is -0.348 e. The van der Waals surface area contributed by atoms with Gasteiger partial charge in [-0.25, -0.2) is 0 Å². The van der Waals surface area contributed by atoms with Crippen LogP contribution in [0.2, 0.25) is 0 Å². The normalized spacial score (nSPS) is 31.8. The minimum absolute atomic E-state index is 0.0613. The summed E-state index contributed by atoms with van der Waals surface area (Å²) in [5.41, 5.74) is 4.52. The van der Waals surface area contributed by atoms with Crippen molar-refractivity contribution in [1.29, 1.82) is 0 Å². The van der Waals surface area contributed by atoms with Gasteiger partial charge in [-0.05, 0) is 51.0 Å². The lowest BCUT2D eigenvalue weighted by molar-refractivity contribution is -0.199. The van der Waals surface area contributed by atoms with Crippen molar-refractivity contribution in [3.8, 4) is 0 Å². The number of fused-ring (bicyclic) bond motifs is 1. The summed E-state index contributed by atoms with van der Waals surface area (Å²) >= 11 is 0. The number of carbonyl (C=O) groups excluding carboxylic acids is 1. The molecule has 1 aliphatic heterocycles. The Morgan fingerprint density at radius 2 is 1.68 bits per heavy atom. The molecule has 0 aromatic carbocycles. The first-order valence-electron chi connectivity index (χ1n) is 10.4. The molecule has 3 fully saturated rings. The van der Waals surface area contributed by atoms with Crippen LogP contribution in [0, 0.1) is 11.3 Å². The lowest BCUT2D eigenvalue weighted by Crippen LogP contribution is -2.43. The van der Waals surface area contributed by atoms with Gasteiger partial charge in [-0.2, -0.15) is 0 Å². The van der Waals surface area contributed by atoms with Gasteiger partial charge in [0.2, 0.25) is 0 Å². The third-order valence-electron chi connectivity index (χ3n) is 6.47. The summed E-state index contributed by atoms with van der Waals surface area (Å²) < 4.78 is 11.8. The van der Waals surface area contributed by atoms with Crippen LogP contribution < -0.4 is 0 Å². The van der Waals surface area contributed by atoms with Crippen LogP contribution in [-0.4, -0.2) is 24.8 Å². The van der Waals surface area contributed by atoms with Crippen molar-refractivity contribution in [2.75, 3.05) is 13.2 Å². The van der Waals surface area contributed by atoms with Gasteiger partial charge in [-0.15, -0.1) is 0 Å². The largest absolute Gasteiger partial charge is 0.348 e. The van der Waals surface area contributed by atoms with Gasteiger partial charge in [0.1, 0.15) is 0 Å². The summed E-state index contributed by atoms with van der Waals surface area (Å²) in [5, 5.41) is 0. The van der Waals surface area contributed by atoms with E-state index in [0.717, 1.165) is 30.4 Å². The zero-order valence-electron chi connectivity index (χ0n) is 18.0. The van der Waals surface area contributed by atoms with Gasteiger partial charge in [0.05, 0.1) is 13.2 Å². The monoisotopic (exact) mass is 382 g/mol. The molecular weight excluding hydrogens is 348 g/mol. The molecule has 0 radical (unpaired) electrons. The number of ketones is 1. The Morgan fingerprint density at radius 1 is 1.00 bits per heavy atom. The highest BCUT2D eigenvalue weighted by Crippen LogP contribution is 2.58. The van der Waals surface area contributed by atoms with Crippen LogP contribution in [0.25, 0.3) is 0 Å². The first-order valence-corrected chi connectivity index (χ1v) is 10.4. The molecule has 1 spiro atoms. The van der Waals surface area contributed by atoms with Gasteiger partial charge < -0.3 is 9.47 Å². The fraction of sp³-hybridized carbons (Fsp3) is 0.560. The van der Waals surface area contributed by atoms with Crippen LogP contribution in [0.3, 0.4) is 0 Å². The Bertz CT molecular complexity index is 768. The number of hydrogen-bond acceptors (Lipinski definition) is 3. The average Bonchev–Trinajstić information content (AvgIpc) is 3.16. The van der Waals surface area contributed by atoms with Gasteiger partial charge >= 0.3 is 0 Å². The van der Waals surface area contributed by atoms with Gasteiger partial charge in [0, 0.05) is 24.8 Å². The smallest absolute Gasteiger partial charge is 0.168 e. The molecular formula is C25H34O3. The van der Waals surface area contributed by atoms with E-state index in [9.17, 15) is 4.79 Å². The summed E-state index contributed by atoms with van der Waals surface area (Å²) in [6, 6.07) is 0. The van der Waals surface area contributed by atoms with Crippen molar-refractivity contribution < 1.29 is 14.3 Å². The molecule has 1 heterocycles. The van der Waals surface area contributed by atoms with Crippen molar-refractivity contribution in [1.82, 2.24) is 0 Å². The van der Waals surface area contributed by atoms with Crippen molar-refractivity contribution in [3.05, 3.63) is 58.7 Å². The van der Waals surface area contributed by atoms with E-state index >= 15 is 0 Å². The standard InChI is InChI=1S/C25H34O3/c1-18(2)8-6-9-19(3)10-7-11-20(4)23-22(26)16-21-17-25(27-14-15-28-25)13-12-24(21,23)5/h6-11,21H,12-17H2,1-5H3/b9-6+,11-7+,19-10+,23-20-/t21-,24-/m0/s1. The Balaban J connectivity index is 1.76. The van der Waals surface area contributed by atoms with E-state index in [0.29, 0.717) is 31.3 Å². The second-order valence-electron chi connectivity index (χ2n) is 8.98. The maximum absolute atomic E-state index is 12.9. The Morgan fingerprint density at radius 3 is 2.36 bits per heavy atom. The molecule has 2 atom stereocenters. The van der Waals surface area contributed by atoms with Crippen molar-refractivity contribution in [2.24, 2.45) is 11.3 Å². The average molecular weight is 383 g/mol. The first kappa shape index (κ1) is 21.0. The van der Waals surface area contributed by atoms with E-state index in [4.69, 9.17) is 9.47 Å². The molecule has 2 aliphatic carbocycles. The Kier molecular flexibility index (Phi) is 6.26. The van der Waals surface area contributed by atoms with Gasteiger partial charge in [0.25, 0.3) is 0 Å². The summed E-state index contributed by atoms with van der Waals surface area (Å²) in [7, 11) is 0. The van der Waals surface area contributed by atoms with Crippen LogP contribution in [0.1, 0.15) is 60.3 Å². The Hall–Kier alpha value is -1.71. The van der Waals surface area contributed by atoms with E-state index in [1.807, 2.05) is 0 Å². The molecule has 3 aliphatic rings. The van der Waals surface area contributed by atoms with Gasteiger partial charge in [-0.3, -0.25) is 4.79 Å². The predicted molar refractivity (Wildman–Crippen MR) is 114 cm³/mol. The lowest BCUT2D eigenvalue weighted by Gasteiger charge is -2.44. The maximum atomic E-state index is 12.9. The maximum Gasteiger partial charge on any atom is 0.168 e. The summed E-state index contributed by atoms with van der Waals surface area (Å²) in [5.74, 6) is 0.185. The second kappa shape index (κ2) is 8.34. The van der Waals surface area contributed by atoms with E-state index in [-0.39, 0.29) is 5.41 Å². The number of carbonyl (C=O) groups is 1. The van der Waals surface area contributed by atoms with E-state index in [1.54, 1.807) is 0 Å². The number of hydrogen-bond donors (Lipinski definition) is 0. The van der Waals surface area contributed by atoms with Crippen LogP contribution in [0.4, 0.5) is 0 Å². The minimum atomic E-state index is -0.429. The first-order chi connectivity index (χ1) is 13.3. The zero-order chi connectivity index (χ0) is 20.4. The van der Waals surface area contributed by atoms with Gasteiger partial charge in [0.15, 0.2) is 11.6 Å². The number of allylic oxidation sites excluding steroid dienone is 10. The highest BCUT2D eigenvalue weighted by atomic mass is 16.7. The molecule has 1 saturated heterocycles. The topological polar surface area (TPSA) is 35.5 Å².